The summed E-state index contributed by atoms with van der Waals surface area (Å²) in [6.07, 6.45) is 2.43. The minimum Gasteiger partial charge on any atom is -0.478 e. The molecule has 2 rings (SSSR count). The van der Waals surface area contributed by atoms with Crippen LogP contribution < -0.4 is 10.6 Å². The molecular weight excluding hydrogens is 268 g/mol. The van der Waals surface area contributed by atoms with Crippen molar-refractivity contribution in [2.75, 3.05) is 18.4 Å². The number of hydrogen-bond donors (Lipinski definition) is 3. The molecule has 1 amide bonds. The second-order valence-corrected chi connectivity index (χ2v) is 5.05. The Balaban J connectivity index is 1.94. The predicted molar refractivity (Wildman–Crippen MR) is 72.6 cm³/mol. The van der Waals surface area contributed by atoms with Crippen LogP contribution in [0.3, 0.4) is 0 Å². The fourth-order valence-corrected chi connectivity index (χ4v) is 1.88. The van der Waals surface area contributed by atoms with E-state index >= 15 is 0 Å². The lowest BCUT2D eigenvalue weighted by molar-refractivity contribution is -0.115. The Labute approximate surface area is 116 Å². The van der Waals surface area contributed by atoms with Crippen molar-refractivity contribution >= 4 is 29.2 Å². The molecule has 0 aromatic heterocycles. The Bertz CT molecular complexity index is 501. The SMILES string of the molecule is O=C(CNCC1CC1)Nc1cc(Cl)ccc1C(=O)O. The quantitative estimate of drug-likeness (QED) is 0.745. The second kappa shape index (κ2) is 6.04. The molecule has 0 atom stereocenters. The van der Waals surface area contributed by atoms with Crippen molar-refractivity contribution in [3.05, 3.63) is 28.8 Å². The summed E-state index contributed by atoms with van der Waals surface area (Å²) in [5.74, 6) is -0.683. The Morgan fingerprint density at radius 2 is 2.11 bits per heavy atom. The highest BCUT2D eigenvalue weighted by atomic mass is 35.5. The third-order valence-corrected chi connectivity index (χ3v) is 3.14. The van der Waals surface area contributed by atoms with E-state index in [1.54, 1.807) is 0 Å². The average Bonchev–Trinajstić information content (AvgIpc) is 3.12. The van der Waals surface area contributed by atoms with E-state index in [2.05, 4.69) is 10.6 Å². The molecule has 0 aliphatic heterocycles. The lowest BCUT2D eigenvalue weighted by Gasteiger charge is -2.09. The van der Waals surface area contributed by atoms with Crippen LogP contribution >= 0.6 is 11.6 Å². The molecular formula is C13H15ClN2O3. The van der Waals surface area contributed by atoms with Crippen molar-refractivity contribution in [2.45, 2.75) is 12.8 Å². The van der Waals surface area contributed by atoms with Gasteiger partial charge in [0.15, 0.2) is 0 Å². The number of benzene rings is 1. The number of halogens is 1. The van der Waals surface area contributed by atoms with Crippen LogP contribution in [-0.4, -0.2) is 30.1 Å². The van der Waals surface area contributed by atoms with Crippen molar-refractivity contribution in [3.63, 3.8) is 0 Å². The zero-order chi connectivity index (χ0) is 13.8. The Morgan fingerprint density at radius 3 is 2.74 bits per heavy atom. The number of nitrogens with one attached hydrogen (secondary N) is 2. The van der Waals surface area contributed by atoms with Crippen molar-refractivity contribution < 1.29 is 14.7 Å². The van der Waals surface area contributed by atoms with Gasteiger partial charge in [0.2, 0.25) is 5.91 Å². The maximum absolute atomic E-state index is 11.7. The fourth-order valence-electron chi connectivity index (χ4n) is 1.71. The summed E-state index contributed by atoms with van der Waals surface area (Å²) in [7, 11) is 0. The normalized spacial score (nSPS) is 14.2. The van der Waals surface area contributed by atoms with E-state index in [0.29, 0.717) is 10.9 Å². The van der Waals surface area contributed by atoms with Gasteiger partial charge in [-0.15, -0.1) is 0 Å². The third-order valence-electron chi connectivity index (χ3n) is 2.90. The number of carboxylic acid groups (broad SMARTS) is 1. The molecule has 1 aliphatic carbocycles. The monoisotopic (exact) mass is 282 g/mol. The van der Waals surface area contributed by atoms with Crippen LogP contribution in [0.5, 0.6) is 0 Å². The molecule has 0 radical (unpaired) electrons. The molecule has 0 heterocycles. The molecule has 0 saturated heterocycles. The minimum atomic E-state index is -1.10. The highest BCUT2D eigenvalue weighted by Crippen LogP contribution is 2.27. The maximum Gasteiger partial charge on any atom is 0.337 e. The van der Waals surface area contributed by atoms with E-state index in [1.807, 2.05) is 0 Å². The second-order valence-electron chi connectivity index (χ2n) is 4.62. The van der Waals surface area contributed by atoms with Gasteiger partial charge < -0.3 is 15.7 Å². The van der Waals surface area contributed by atoms with Gasteiger partial charge in [-0.3, -0.25) is 4.79 Å². The van der Waals surface area contributed by atoms with Gasteiger partial charge >= 0.3 is 5.97 Å². The number of amides is 1. The van der Waals surface area contributed by atoms with E-state index < -0.39 is 5.97 Å². The molecule has 5 nitrogen and oxygen atoms in total. The lowest BCUT2D eigenvalue weighted by Crippen LogP contribution is -2.29. The first-order valence-electron chi connectivity index (χ1n) is 6.09. The topological polar surface area (TPSA) is 78.4 Å². The van der Waals surface area contributed by atoms with Crippen LogP contribution in [0, 0.1) is 5.92 Å². The highest BCUT2D eigenvalue weighted by Gasteiger charge is 2.20. The molecule has 1 aromatic rings. The van der Waals surface area contributed by atoms with Crippen LogP contribution in [-0.2, 0) is 4.79 Å². The number of aromatic carboxylic acids is 1. The molecule has 6 heteroatoms. The van der Waals surface area contributed by atoms with E-state index in [-0.39, 0.29) is 23.7 Å². The Morgan fingerprint density at radius 1 is 1.37 bits per heavy atom. The van der Waals surface area contributed by atoms with E-state index in [4.69, 9.17) is 16.7 Å². The summed E-state index contributed by atoms with van der Waals surface area (Å²) in [5.41, 5.74) is 0.248. The molecule has 1 aromatic carbocycles. The van der Waals surface area contributed by atoms with Crippen molar-refractivity contribution in [1.29, 1.82) is 0 Å². The molecule has 0 unspecified atom stereocenters. The molecule has 1 fully saturated rings. The summed E-state index contributed by atoms with van der Waals surface area (Å²) in [6.45, 7) is 0.997. The van der Waals surface area contributed by atoms with Gasteiger partial charge in [-0.2, -0.15) is 0 Å². The van der Waals surface area contributed by atoms with Gasteiger partial charge in [0.1, 0.15) is 0 Å². The van der Waals surface area contributed by atoms with Crippen LogP contribution in [0.25, 0.3) is 0 Å². The highest BCUT2D eigenvalue weighted by molar-refractivity contribution is 6.31. The third kappa shape index (κ3) is 4.22. The van der Waals surface area contributed by atoms with E-state index in [1.165, 1.54) is 31.0 Å². The molecule has 102 valence electrons. The van der Waals surface area contributed by atoms with E-state index in [0.717, 1.165) is 6.54 Å². The number of rotatable bonds is 6. The molecule has 0 spiro atoms. The van der Waals surface area contributed by atoms with Crippen molar-refractivity contribution in [1.82, 2.24) is 5.32 Å². The first-order chi connectivity index (χ1) is 9.06. The Kier molecular flexibility index (Phi) is 4.39. The van der Waals surface area contributed by atoms with E-state index in [9.17, 15) is 9.59 Å². The maximum atomic E-state index is 11.7. The van der Waals surface area contributed by atoms with Crippen molar-refractivity contribution in [2.24, 2.45) is 5.92 Å². The van der Waals surface area contributed by atoms with Gasteiger partial charge in [0.05, 0.1) is 17.8 Å². The summed E-state index contributed by atoms with van der Waals surface area (Å²) < 4.78 is 0. The number of carbonyl (C=O) groups excluding carboxylic acids is 1. The van der Waals surface area contributed by atoms with Gasteiger partial charge in [-0.25, -0.2) is 4.79 Å². The molecule has 1 aliphatic rings. The minimum absolute atomic E-state index is 0.0277. The number of anilines is 1. The van der Waals surface area contributed by atoms with Crippen LogP contribution in [0.4, 0.5) is 5.69 Å². The number of carbonyl (C=O) groups is 2. The standard InChI is InChI=1S/C13H15ClN2O3/c14-9-3-4-10(13(18)19)11(5-9)16-12(17)7-15-6-8-1-2-8/h3-5,8,15H,1-2,6-7H2,(H,16,17)(H,18,19). The summed E-state index contributed by atoms with van der Waals surface area (Å²) in [6, 6.07) is 4.29. The smallest absolute Gasteiger partial charge is 0.337 e. The van der Waals surface area contributed by atoms with Gasteiger partial charge in [0, 0.05) is 5.02 Å². The van der Waals surface area contributed by atoms with Gasteiger partial charge in [0.25, 0.3) is 0 Å². The van der Waals surface area contributed by atoms with Crippen LogP contribution in [0.15, 0.2) is 18.2 Å². The Hall–Kier alpha value is -1.59. The van der Waals surface area contributed by atoms with Crippen LogP contribution in [0.2, 0.25) is 5.02 Å². The lowest BCUT2D eigenvalue weighted by atomic mass is 10.2. The number of carboxylic acids is 1. The molecule has 1 saturated carbocycles. The summed E-state index contributed by atoms with van der Waals surface area (Å²) in [5, 5.41) is 15.0. The molecule has 19 heavy (non-hydrogen) atoms. The largest absolute Gasteiger partial charge is 0.478 e. The fraction of sp³-hybridized carbons (Fsp3) is 0.385. The zero-order valence-corrected chi connectivity index (χ0v) is 11.0. The summed E-state index contributed by atoms with van der Waals surface area (Å²) in [4.78, 5) is 22.7. The van der Waals surface area contributed by atoms with Crippen molar-refractivity contribution in [3.8, 4) is 0 Å². The first kappa shape index (κ1) is 13.8. The van der Waals surface area contributed by atoms with Gasteiger partial charge in [-0.1, -0.05) is 11.6 Å². The zero-order valence-electron chi connectivity index (χ0n) is 10.3. The van der Waals surface area contributed by atoms with Gasteiger partial charge in [-0.05, 0) is 43.5 Å². The average molecular weight is 283 g/mol. The number of hydrogen-bond acceptors (Lipinski definition) is 3. The van der Waals surface area contributed by atoms with Crippen LogP contribution in [0.1, 0.15) is 23.2 Å². The molecule has 3 N–H and O–H groups in total. The predicted octanol–water partition coefficient (Wildman–Crippen LogP) is 1.98. The summed E-state index contributed by atoms with van der Waals surface area (Å²) >= 11 is 5.80. The first-order valence-corrected chi connectivity index (χ1v) is 6.47. The molecule has 0 bridgehead atoms.